The van der Waals surface area contributed by atoms with Gasteiger partial charge < -0.3 is 5.32 Å². The van der Waals surface area contributed by atoms with Crippen LogP contribution in [0.15, 0.2) is 6.07 Å². The van der Waals surface area contributed by atoms with E-state index < -0.39 is 0 Å². The third-order valence-electron chi connectivity index (χ3n) is 2.40. The molecule has 0 spiro atoms. The lowest BCUT2D eigenvalue weighted by atomic mass is 9.90. The fourth-order valence-corrected chi connectivity index (χ4v) is 3.79. The molecule has 0 unspecified atom stereocenters. The van der Waals surface area contributed by atoms with E-state index in [1.807, 2.05) is 0 Å². The van der Waals surface area contributed by atoms with E-state index in [4.69, 9.17) is 23.2 Å². The van der Waals surface area contributed by atoms with Gasteiger partial charge >= 0.3 is 0 Å². The number of halogens is 3. The summed E-state index contributed by atoms with van der Waals surface area (Å²) in [6.07, 6.45) is 0.991. The van der Waals surface area contributed by atoms with Gasteiger partial charge in [-0.3, -0.25) is 4.79 Å². The summed E-state index contributed by atoms with van der Waals surface area (Å²) in [6, 6.07) is 1.60. The van der Waals surface area contributed by atoms with E-state index in [2.05, 4.69) is 35.1 Å². The van der Waals surface area contributed by atoms with Gasteiger partial charge in [0.1, 0.15) is 4.34 Å². The Morgan fingerprint density at radius 1 is 1.53 bits per heavy atom. The van der Waals surface area contributed by atoms with Crippen LogP contribution in [0.4, 0.5) is 0 Å². The standard InChI is InChI=1S/C11H14BrCl2NOS/c1-11(2,3-4-12)6-15-10(16)7-5-8(13)17-9(7)14/h5H,3-4,6H2,1-2H3,(H,15,16). The van der Waals surface area contributed by atoms with Crippen LogP contribution in [0, 0.1) is 5.41 Å². The van der Waals surface area contributed by atoms with Crippen molar-refractivity contribution in [3.63, 3.8) is 0 Å². The maximum Gasteiger partial charge on any atom is 0.253 e. The normalized spacial score (nSPS) is 11.6. The number of hydrogen-bond donors (Lipinski definition) is 1. The van der Waals surface area contributed by atoms with Crippen molar-refractivity contribution >= 4 is 56.4 Å². The first kappa shape index (κ1) is 15.3. The number of thiophene rings is 1. The first-order valence-corrected chi connectivity index (χ1v) is 7.84. The molecule has 0 atom stereocenters. The molecule has 1 N–H and O–H groups in total. The minimum Gasteiger partial charge on any atom is -0.351 e. The molecule has 0 saturated carbocycles. The van der Waals surface area contributed by atoms with Gasteiger partial charge in [-0.1, -0.05) is 53.0 Å². The van der Waals surface area contributed by atoms with E-state index in [-0.39, 0.29) is 11.3 Å². The van der Waals surface area contributed by atoms with Gasteiger partial charge in [0.05, 0.1) is 9.90 Å². The molecule has 6 heteroatoms. The van der Waals surface area contributed by atoms with Crippen molar-refractivity contribution in [2.75, 3.05) is 11.9 Å². The molecule has 96 valence electrons. The van der Waals surface area contributed by atoms with E-state index >= 15 is 0 Å². The van der Waals surface area contributed by atoms with Crippen molar-refractivity contribution in [3.05, 3.63) is 20.3 Å². The van der Waals surface area contributed by atoms with Crippen molar-refractivity contribution in [1.82, 2.24) is 5.32 Å². The van der Waals surface area contributed by atoms with Crippen molar-refractivity contribution in [3.8, 4) is 0 Å². The quantitative estimate of drug-likeness (QED) is 0.766. The first-order chi connectivity index (χ1) is 7.85. The van der Waals surface area contributed by atoms with Gasteiger partial charge in [-0.2, -0.15) is 0 Å². The summed E-state index contributed by atoms with van der Waals surface area (Å²) in [5.41, 5.74) is 0.516. The largest absolute Gasteiger partial charge is 0.351 e. The number of nitrogens with one attached hydrogen (secondary N) is 1. The fourth-order valence-electron chi connectivity index (χ4n) is 1.25. The van der Waals surface area contributed by atoms with Crippen LogP contribution in [-0.4, -0.2) is 17.8 Å². The third-order valence-corrected chi connectivity index (χ3v) is 4.28. The Kier molecular flexibility index (Phi) is 5.77. The Balaban J connectivity index is 2.59. The molecule has 0 aromatic carbocycles. The number of amides is 1. The summed E-state index contributed by atoms with van der Waals surface area (Å²) >= 11 is 16.3. The SMILES string of the molecule is CC(C)(CCBr)CNC(=O)c1cc(Cl)sc1Cl. The molecule has 0 aliphatic heterocycles. The molecule has 1 aromatic heterocycles. The summed E-state index contributed by atoms with van der Waals surface area (Å²) in [5.74, 6) is -0.166. The van der Waals surface area contributed by atoms with Crippen molar-refractivity contribution < 1.29 is 4.79 Å². The second kappa shape index (κ2) is 6.41. The lowest BCUT2D eigenvalue weighted by Gasteiger charge is -2.23. The highest BCUT2D eigenvalue weighted by atomic mass is 79.9. The highest BCUT2D eigenvalue weighted by molar-refractivity contribution is 9.09. The number of rotatable bonds is 5. The molecule has 0 aliphatic rings. The minimum absolute atomic E-state index is 0.0610. The maximum absolute atomic E-state index is 11.9. The molecule has 2 nitrogen and oxygen atoms in total. The zero-order chi connectivity index (χ0) is 13.1. The second-order valence-electron chi connectivity index (χ2n) is 4.52. The minimum atomic E-state index is -0.166. The topological polar surface area (TPSA) is 29.1 Å². The second-order valence-corrected chi connectivity index (χ2v) is 7.60. The van der Waals surface area contributed by atoms with Crippen LogP contribution < -0.4 is 5.32 Å². The highest BCUT2D eigenvalue weighted by Gasteiger charge is 2.20. The Hall–Kier alpha value is 0.230. The van der Waals surface area contributed by atoms with Crippen LogP contribution >= 0.6 is 50.5 Å². The summed E-state index contributed by atoms with van der Waals surface area (Å²) in [6.45, 7) is 4.83. The van der Waals surface area contributed by atoms with Crippen LogP contribution in [-0.2, 0) is 0 Å². The van der Waals surface area contributed by atoms with Gasteiger partial charge in [0, 0.05) is 11.9 Å². The van der Waals surface area contributed by atoms with Gasteiger partial charge in [-0.25, -0.2) is 0 Å². The van der Waals surface area contributed by atoms with Crippen molar-refractivity contribution in [2.45, 2.75) is 20.3 Å². The number of carbonyl (C=O) groups excluding carboxylic acids is 1. The molecule has 0 aliphatic carbocycles. The van der Waals surface area contributed by atoms with E-state index in [1.165, 1.54) is 11.3 Å². The molecule has 1 rings (SSSR count). The maximum atomic E-state index is 11.9. The molecule has 0 bridgehead atoms. The van der Waals surface area contributed by atoms with Gasteiger partial charge in [0.2, 0.25) is 0 Å². The first-order valence-electron chi connectivity index (χ1n) is 5.15. The summed E-state index contributed by atoms with van der Waals surface area (Å²) in [7, 11) is 0. The molecule has 1 heterocycles. The fraction of sp³-hybridized carbons (Fsp3) is 0.545. The van der Waals surface area contributed by atoms with E-state index in [9.17, 15) is 4.79 Å². The van der Waals surface area contributed by atoms with Gasteiger partial charge in [0.15, 0.2) is 0 Å². The number of hydrogen-bond acceptors (Lipinski definition) is 2. The van der Waals surface area contributed by atoms with Crippen molar-refractivity contribution in [1.29, 1.82) is 0 Å². The van der Waals surface area contributed by atoms with Gasteiger partial charge in [-0.05, 0) is 17.9 Å². The van der Waals surface area contributed by atoms with E-state index in [0.29, 0.717) is 20.8 Å². The van der Waals surface area contributed by atoms with Crippen molar-refractivity contribution in [2.24, 2.45) is 5.41 Å². The highest BCUT2D eigenvalue weighted by Crippen LogP contribution is 2.31. The zero-order valence-electron chi connectivity index (χ0n) is 9.65. The molecule has 0 fully saturated rings. The molecule has 0 radical (unpaired) electrons. The Labute approximate surface area is 124 Å². The Bertz CT molecular complexity index is 406. The smallest absolute Gasteiger partial charge is 0.253 e. The van der Waals surface area contributed by atoms with Gasteiger partial charge in [0.25, 0.3) is 5.91 Å². The van der Waals surface area contributed by atoms with E-state index in [0.717, 1.165) is 11.8 Å². The average molecular weight is 359 g/mol. The average Bonchev–Trinajstić information content (AvgIpc) is 2.54. The summed E-state index contributed by atoms with van der Waals surface area (Å²) < 4.78 is 0.964. The Morgan fingerprint density at radius 2 is 2.18 bits per heavy atom. The lowest BCUT2D eigenvalue weighted by molar-refractivity contribution is 0.0936. The van der Waals surface area contributed by atoms with Crippen LogP contribution in [0.2, 0.25) is 8.67 Å². The summed E-state index contributed by atoms with van der Waals surface area (Å²) in [4.78, 5) is 11.9. The predicted molar refractivity (Wildman–Crippen MR) is 78.9 cm³/mol. The number of alkyl halides is 1. The van der Waals surface area contributed by atoms with Gasteiger partial charge in [-0.15, -0.1) is 11.3 Å². The number of carbonyl (C=O) groups is 1. The van der Waals surface area contributed by atoms with Crippen LogP contribution in [0.3, 0.4) is 0 Å². The lowest BCUT2D eigenvalue weighted by Crippen LogP contribution is -2.34. The molecule has 1 amide bonds. The Morgan fingerprint density at radius 3 is 2.65 bits per heavy atom. The summed E-state index contributed by atoms with van der Waals surface area (Å²) in [5, 5.41) is 3.80. The van der Waals surface area contributed by atoms with Crippen LogP contribution in [0.1, 0.15) is 30.6 Å². The van der Waals surface area contributed by atoms with E-state index in [1.54, 1.807) is 6.07 Å². The van der Waals surface area contributed by atoms with Crippen LogP contribution in [0.25, 0.3) is 0 Å². The monoisotopic (exact) mass is 357 g/mol. The zero-order valence-corrected chi connectivity index (χ0v) is 13.6. The molecular formula is C11H14BrCl2NOS. The third kappa shape index (κ3) is 4.78. The molecule has 1 aromatic rings. The van der Waals surface area contributed by atoms with Crippen LogP contribution in [0.5, 0.6) is 0 Å². The molecular weight excluding hydrogens is 345 g/mol. The molecule has 17 heavy (non-hydrogen) atoms. The predicted octanol–water partition coefficient (Wildman–Crippen LogP) is 4.60. The molecule has 0 saturated heterocycles.